The number of ketones is 1. The first-order chi connectivity index (χ1) is 6.15. The predicted molar refractivity (Wildman–Crippen MR) is 53.5 cm³/mol. The number of nitrogens with two attached hydrogens (primary N) is 1. The number of rotatable bonds is 7. The highest BCUT2D eigenvalue weighted by Crippen LogP contribution is 2.13. The Labute approximate surface area is 80.6 Å². The molecule has 0 radical (unpaired) electrons. The van der Waals surface area contributed by atoms with Crippen LogP contribution in [0.2, 0.25) is 0 Å². The molecule has 0 saturated carbocycles. The van der Waals surface area contributed by atoms with Gasteiger partial charge in [0, 0.05) is 13.5 Å². The molecular formula is C10H21NO2. The highest BCUT2D eigenvalue weighted by molar-refractivity contribution is 5.84. The largest absolute Gasteiger partial charge is 0.383 e. The maximum Gasteiger partial charge on any atom is 0.152 e. The van der Waals surface area contributed by atoms with Gasteiger partial charge in [-0.25, -0.2) is 0 Å². The number of hydrogen-bond acceptors (Lipinski definition) is 3. The van der Waals surface area contributed by atoms with E-state index >= 15 is 0 Å². The fourth-order valence-corrected chi connectivity index (χ4v) is 1.29. The third-order valence-electron chi connectivity index (χ3n) is 2.40. The van der Waals surface area contributed by atoms with Crippen LogP contribution in [0, 0.1) is 5.92 Å². The molecule has 0 rings (SSSR count). The normalized spacial score (nSPS) is 13.3. The minimum absolute atomic E-state index is 0.121. The van der Waals surface area contributed by atoms with Crippen LogP contribution < -0.4 is 5.73 Å². The van der Waals surface area contributed by atoms with Crippen LogP contribution in [0.15, 0.2) is 0 Å². The molecule has 0 aromatic heterocycles. The van der Waals surface area contributed by atoms with E-state index in [1.54, 1.807) is 7.11 Å². The van der Waals surface area contributed by atoms with Gasteiger partial charge in [0.15, 0.2) is 5.78 Å². The molecule has 0 aromatic rings. The molecule has 0 aliphatic heterocycles. The van der Waals surface area contributed by atoms with Crippen LogP contribution in [0.5, 0.6) is 0 Å². The number of Topliss-reactive ketones (excluding diaryl/α,β-unsaturated/α-hetero) is 1. The second-order valence-corrected chi connectivity index (χ2v) is 3.41. The van der Waals surface area contributed by atoms with Gasteiger partial charge in [0.2, 0.25) is 0 Å². The fourth-order valence-electron chi connectivity index (χ4n) is 1.29. The topological polar surface area (TPSA) is 52.3 Å². The summed E-state index contributed by atoms with van der Waals surface area (Å²) < 4.78 is 4.83. The maximum atomic E-state index is 11.5. The van der Waals surface area contributed by atoms with Gasteiger partial charge in [-0.05, 0) is 5.92 Å². The standard InChI is InChI=1S/C10H21NO2/c1-4-8(5-2)6-10(12)9(11)7-13-3/h8-9H,4-7,11H2,1-3H3. The molecule has 13 heavy (non-hydrogen) atoms. The van der Waals surface area contributed by atoms with E-state index in [0.717, 1.165) is 12.8 Å². The SMILES string of the molecule is CCC(CC)CC(=O)C(N)COC. The lowest BCUT2D eigenvalue weighted by atomic mass is 9.94. The minimum Gasteiger partial charge on any atom is -0.383 e. The number of methoxy groups -OCH3 is 1. The Balaban J connectivity index is 3.83. The van der Waals surface area contributed by atoms with E-state index in [2.05, 4.69) is 13.8 Å². The lowest BCUT2D eigenvalue weighted by molar-refractivity contribution is -0.122. The number of ether oxygens (including phenoxy) is 1. The minimum atomic E-state index is -0.439. The van der Waals surface area contributed by atoms with Gasteiger partial charge in [-0.3, -0.25) is 4.79 Å². The van der Waals surface area contributed by atoms with Crippen LogP contribution in [0.25, 0.3) is 0 Å². The number of carbonyl (C=O) groups excluding carboxylic acids is 1. The summed E-state index contributed by atoms with van der Waals surface area (Å²) in [4.78, 5) is 11.5. The molecule has 0 heterocycles. The van der Waals surface area contributed by atoms with Crippen molar-refractivity contribution in [3.8, 4) is 0 Å². The molecule has 0 aliphatic rings. The van der Waals surface area contributed by atoms with Crippen molar-refractivity contribution >= 4 is 5.78 Å². The van der Waals surface area contributed by atoms with Crippen LogP contribution in [0.4, 0.5) is 0 Å². The lowest BCUT2D eigenvalue weighted by Crippen LogP contribution is -2.35. The van der Waals surface area contributed by atoms with Gasteiger partial charge in [0.25, 0.3) is 0 Å². The molecule has 0 spiro atoms. The third kappa shape index (κ3) is 5.01. The smallest absolute Gasteiger partial charge is 0.152 e. The highest BCUT2D eigenvalue weighted by atomic mass is 16.5. The average Bonchev–Trinajstić information content (AvgIpc) is 2.14. The summed E-state index contributed by atoms with van der Waals surface area (Å²) in [6.45, 7) is 4.53. The van der Waals surface area contributed by atoms with Crippen LogP contribution in [0.3, 0.4) is 0 Å². The summed E-state index contributed by atoms with van der Waals surface area (Å²) in [5.74, 6) is 0.603. The molecule has 0 aliphatic carbocycles. The van der Waals surface area contributed by atoms with E-state index in [4.69, 9.17) is 10.5 Å². The summed E-state index contributed by atoms with van der Waals surface area (Å²) in [6.07, 6.45) is 2.68. The Kier molecular flexibility index (Phi) is 6.82. The average molecular weight is 187 g/mol. The van der Waals surface area contributed by atoms with Crippen molar-refractivity contribution in [1.29, 1.82) is 0 Å². The molecule has 0 fully saturated rings. The first-order valence-corrected chi connectivity index (χ1v) is 4.92. The van der Waals surface area contributed by atoms with Crippen molar-refractivity contribution in [1.82, 2.24) is 0 Å². The third-order valence-corrected chi connectivity index (χ3v) is 2.40. The van der Waals surface area contributed by atoms with E-state index in [0.29, 0.717) is 18.9 Å². The molecule has 1 atom stereocenters. The maximum absolute atomic E-state index is 11.5. The van der Waals surface area contributed by atoms with Gasteiger partial charge in [-0.2, -0.15) is 0 Å². The van der Waals surface area contributed by atoms with E-state index in [9.17, 15) is 4.79 Å². The Hall–Kier alpha value is -0.410. The second kappa shape index (κ2) is 7.04. The molecular weight excluding hydrogens is 166 g/mol. The van der Waals surface area contributed by atoms with E-state index in [1.807, 2.05) is 0 Å². The van der Waals surface area contributed by atoms with E-state index < -0.39 is 6.04 Å². The fraction of sp³-hybridized carbons (Fsp3) is 0.900. The Morgan fingerprint density at radius 2 is 1.92 bits per heavy atom. The van der Waals surface area contributed by atoms with Crippen molar-refractivity contribution in [2.75, 3.05) is 13.7 Å². The van der Waals surface area contributed by atoms with Crippen LogP contribution in [-0.2, 0) is 9.53 Å². The molecule has 78 valence electrons. The second-order valence-electron chi connectivity index (χ2n) is 3.41. The monoisotopic (exact) mass is 187 g/mol. The van der Waals surface area contributed by atoms with Gasteiger partial charge in [-0.1, -0.05) is 26.7 Å². The summed E-state index contributed by atoms with van der Waals surface area (Å²) in [7, 11) is 1.56. The highest BCUT2D eigenvalue weighted by Gasteiger charge is 2.16. The molecule has 0 saturated heterocycles. The zero-order chi connectivity index (χ0) is 10.3. The molecule has 1 unspecified atom stereocenters. The van der Waals surface area contributed by atoms with Gasteiger partial charge >= 0.3 is 0 Å². The molecule has 0 aromatic carbocycles. The quantitative estimate of drug-likeness (QED) is 0.654. The zero-order valence-corrected chi connectivity index (χ0v) is 8.88. The van der Waals surface area contributed by atoms with Crippen molar-refractivity contribution in [2.24, 2.45) is 11.7 Å². The Bertz CT molecular complexity index is 144. The van der Waals surface area contributed by atoms with Crippen molar-refractivity contribution in [3.63, 3.8) is 0 Å². The Morgan fingerprint density at radius 3 is 2.31 bits per heavy atom. The van der Waals surface area contributed by atoms with E-state index in [-0.39, 0.29) is 5.78 Å². The first kappa shape index (κ1) is 12.6. The van der Waals surface area contributed by atoms with Crippen molar-refractivity contribution in [2.45, 2.75) is 39.2 Å². The van der Waals surface area contributed by atoms with Crippen molar-refractivity contribution < 1.29 is 9.53 Å². The van der Waals surface area contributed by atoms with Gasteiger partial charge in [0.05, 0.1) is 12.6 Å². The van der Waals surface area contributed by atoms with E-state index in [1.165, 1.54) is 0 Å². The molecule has 3 heteroatoms. The molecule has 3 nitrogen and oxygen atoms in total. The van der Waals surface area contributed by atoms with Crippen LogP contribution in [-0.4, -0.2) is 25.5 Å². The first-order valence-electron chi connectivity index (χ1n) is 4.92. The van der Waals surface area contributed by atoms with Crippen molar-refractivity contribution in [3.05, 3.63) is 0 Å². The molecule has 0 amide bonds. The lowest BCUT2D eigenvalue weighted by Gasteiger charge is -2.14. The summed E-state index contributed by atoms with van der Waals surface area (Å²) in [5, 5.41) is 0. The van der Waals surface area contributed by atoms with Crippen LogP contribution in [0.1, 0.15) is 33.1 Å². The summed E-state index contributed by atoms with van der Waals surface area (Å²) in [6, 6.07) is -0.439. The molecule has 2 N–H and O–H groups in total. The summed E-state index contributed by atoms with van der Waals surface area (Å²) >= 11 is 0. The van der Waals surface area contributed by atoms with Gasteiger partial charge in [0.1, 0.15) is 0 Å². The predicted octanol–water partition coefficient (Wildman–Crippen LogP) is 1.36. The van der Waals surface area contributed by atoms with Gasteiger partial charge in [-0.15, -0.1) is 0 Å². The number of carbonyl (C=O) groups is 1. The van der Waals surface area contributed by atoms with Crippen LogP contribution >= 0.6 is 0 Å². The summed E-state index contributed by atoms with van der Waals surface area (Å²) in [5.41, 5.74) is 5.61. The number of hydrogen-bond donors (Lipinski definition) is 1. The van der Waals surface area contributed by atoms with Gasteiger partial charge < -0.3 is 10.5 Å². The zero-order valence-electron chi connectivity index (χ0n) is 8.88. The Morgan fingerprint density at radius 1 is 1.38 bits per heavy atom. The molecule has 0 bridgehead atoms.